The molecule has 1 aromatic heterocycles. The number of pyridine rings is 1. The third-order valence-electron chi connectivity index (χ3n) is 2.45. The van der Waals surface area contributed by atoms with Crippen molar-refractivity contribution in [3.05, 3.63) is 53.7 Å². The number of benzene rings is 1. The van der Waals surface area contributed by atoms with Crippen molar-refractivity contribution in [1.82, 2.24) is 4.98 Å². The number of halogens is 2. The molecule has 0 aliphatic carbocycles. The first-order valence-electron chi connectivity index (χ1n) is 5.48. The van der Waals surface area contributed by atoms with Crippen LogP contribution >= 0.6 is 0 Å². The van der Waals surface area contributed by atoms with E-state index in [0.717, 1.165) is 17.8 Å². The summed E-state index contributed by atoms with van der Waals surface area (Å²) in [7, 11) is 0. The molecule has 0 aliphatic rings. The summed E-state index contributed by atoms with van der Waals surface area (Å²) < 4.78 is 25.8. The van der Waals surface area contributed by atoms with Crippen molar-refractivity contribution in [1.29, 1.82) is 0 Å². The molecule has 0 fully saturated rings. The summed E-state index contributed by atoms with van der Waals surface area (Å²) in [4.78, 5) is 3.62. The lowest BCUT2D eigenvalue weighted by Gasteiger charge is -2.06. The first-order chi connectivity index (χ1) is 8.65. The molecule has 0 radical (unpaired) electrons. The fourth-order valence-corrected chi connectivity index (χ4v) is 1.53. The molecule has 2 N–H and O–H groups in total. The predicted molar refractivity (Wildman–Crippen MR) is 64.5 cm³/mol. The zero-order valence-corrected chi connectivity index (χ0v) is 9.53. The summed E-state index contributed by atoms with van der Waals surface area (Å²) in [6.45, 7) is 0.473. The van der Waals surface area contributed by atoms with Crippen molar-refractivity contribution in [2.75, 3.05) is 11.9 Å². The third-order valence-corrected chi connectivity index (χ3v) is 2.45. The Bertz CT molecular complexity index is 529. The van der Waals surface area contributed by atoms with Crippen LogP contribution in [0.2, 0.25) is 0 Å². The lowest BCUT2D eigenvalue weighted by Crippen LogP contribution is -2.08. The highest BCUT2D eigenvalue weighted by molar-refractivity contribution is 5.36. The van der Waals surface area contributed by atoms with Gasteiger partial charge in [-0.1, -0.05) is 12.1 Å². The van der Waals surface area contributed by atoms with E-state index in [1.165, 1.54) is 0 Å². The van der Waals surface area contributed by atoms with Gasteiger partial charge in [0.1, 0.15) is 11.6 Å². The van der Waals surface area contributed by atoms with Gasteiger partial charge in [-0.05, 0) is 24.1 Å². The molecule has 0 saturated carbocycles. The lowest BCUT2D eigenvalue weighted by molar-refractivity contribution is 0.475. The molecule has 2 rings (SSSR count). The molecule has 0 spiro atoms. The van der Waals surface area contributed by atoms with Crippen molar-refractivity contribution in [2.45, 2.75) is 6.42 Å². The van der Waals surface area contributed by atoms with E-state index in [0.29, 0.717) is 13.0 Å². The zero-order valence-electron chi connectivity index (χ0n) is 9.53. The summed E-state index contributed by atoms with van der Waals surface area (Å²) in [6.07, 6.45) is 1.62. The van der Waals surface area contributed by atoms with Gasteiger partial charge in [-0.2, -0.15) is 0 Å². The molecule has 0 amide bonds. The van der Waals surface area contributed by atoms with Gasteiger partial charge in [-0.3, -0.25) is 0 Å². The zero-order chi connectivity index (χ0) is 13.0. The first kappa shape index (κ1) is 12.3. The van der Waals surface area contributed by atoms with E-state index in [1.54, 1.807) is 24.3 Å². The number of aromatic hydroxyl groups is 1. The van der Waals surface area contributed by atoms with E-state index >= 15 is 0 Å². The summed E-state index contributed by atoms with van der Waals surface area (Å²) in [5, 5.41) is 11.9. The van der Waals surface area contributed by atoms with Gasteiger partial charge in [0.25, 0.3) is 0 Å². The molecule has 1 aromatic carbocycles. The van der Waals surface area contributed by atoms with Gasteiger partial charge >= 0.3 is 0 Å². The number of rotatable bonds is 4. The van der Waals surface area contributed by atoms with Crippen LogP contribution < -0.4 is 5.32 Å². The van der Waals surface area contributed by atoms with E-state index in [-0.39, 0.29) is 11.6 Å². The Hall–Kier alpha value is -2.17. The van der Waals surface area contributed by atoms with Crippen molar-refractivity contribution in [2.24, 2.45) is 0 Å². The predicted octanol–water partition coefficient (Wildman–Crippen LogP) is 2.72. The topological polar surface area (TPSA) is 45.1 Å². The average molecular weight is 250 g/mol. The molecule has 94 valence electrons. The second-order valence-electron chi connectivity index (χ2n) is 3.83. The van der Waals surface area contributed by atoms with Gasteiger partial charge < -0.3 is 10.4 Å². The average Bonchev–Trinajstić information content (AvgIpc) is 2.34. The molecule has 18 heavy (non-hydrogen) atoms. The molecule has 0 atom stereocenters. The van der Waals surface area contributed by atoms with E-state index < -0.39 is 11.6 Å². The van der Waals surface area contributed by atoms with Gasteiger partial charge in [-0.25, -0.2) is 13.8 Å². The molecular formula is C13H12F2N2O. The van der Waals surface area contributed by atoms with Gasteiger partial charge in [0.05, 0.1) is 6.20 Å². The number of aromatic nitrogens is 1. The van der Waals surface area contributed by atoms with Crippen molar-refractivity contribution in [3.8, 4) is 5.75 Å². The highest BCUT2D eigenvalue weighted by atomic mass is 19.1. The van der Waals surface area contributed by atoms with Gasteiger partial charge in [0.2, 0.25) is 0 Å². The number of hydrogen-bond donors (Lipinski definition) is 2. The molecule has 2 aromatic rings. The molecule has 0 bridgehead atoms. The van der Waals surface area contributed by atoms with Crippen molar-refractivity contribution >= 4 is 5.82 Å². The van der Waals surface area contributed by atoms with Crippen LogP contribution in [-0.4, -0.2) is 16.6 Å². The van der Waals surface area contributed by atoms with E-state index in [1.807, 2.05) is 0 Å². The van der Waals surface area contributed by atoms with Crippen LogP contribution in [0.5, 0.6) is 5.75 Å². The van der Waals surface area contributed by atoms with Gasteiger partial charge in [-0.15, -0.1) is 0 Å². The Labute approximate surface area is 103 Å². The largest absolute Gasteiger partial charge is 0.508 e. The van der Waals surface area contributed by atoms with Crippen LogP contribution in [0.3, 0.4) is 0 Å². The normalized spacial score (nSPS) is 10.3. The van der Waals surface area contributed by atoms with E-state index in [4.69, 9.17) is 5.11 Å². The molecule has 0 unspecified atom stereocenters. The highest BCUT2D eigenvalue weighted by Crippen LogP contribution is 2.12. The van der Waals surface area contributed by atoms with Crippen LogP contribution in [0.1, 0.15) is 5.56 Å². The fourth-order valence-electron chi connectivity index (χ4n) is 1.53. The minimum Gasteiger partial charge on any atom is -0.508 e. The van der Waals surface area contributed by atoms with Crippen molar-refractivity contribution in [3.63, 3.8) is 0 Å². The number of anilines is 1. The highest BCUT2D eigenvalue weighted by Gasteiger charge is 2.04. The summed E-state index contributed by atoms with van der Waals surface area (Å²) >= 11 is 0. The summed E-state index contributed by atoms with van der Waals surface area (Å²) in [6, 6.07) is 7.53. The maximum Gasteiger partial charge on any atom is 0.168 e. The number of nitrogens with zero attached hydrogens (tertiary/aromatic N) is 1. The van der Waals surface area contributed by atoms with Crippen LogP contribution in [0.15, 0.2) is 36.5 Å². The standard InChI is InChI=1S/C13H12F2N2O/c14-10-7-12(15)13(17-8-10)16-6-5-9-1-3-11(18)4-2-9/h1-4,7-8,18H,5-6H2,(H,16,17). The minimum atomic E-state index is -0.708. The SMILES string of the molecule is Oc1ccc(CCNc2ncc(F)cc2F)cc1. The number of nitrogens with one attached hydrogen (secondary N) is 1. The maximum absolute atomic E-state index is 13.2. The Balaban J connectivity index is 1.90. The monoisotopic (exact) mass is 250 g/mol. The fraction of sp³-hybridized carbons (Fsp3) is 0.154. The Kier molecular flexibility index (Phi) is 3.72. The second kappa shape index (κ2) is 5.44. The quantitative estimate of drug-likeness (QED) is 0.877. The lowest BCUT2D eigenvalue weighted by atomic mass is 10.1. The third kappa shape index (κ3) is 3.16. The molecule has 1 heterocycles. The number of phenols is 1. The summed E-state index contributed by atoms with van der Waals surface area (Å²) in [5.74, 6) is -1.16. The van der Waals surface area contributed by atoms with Crippen LogP contribution in [-0.2, 0) is 6.42 Å². The molecule has 0 aliphatic heterocycles. The number of phenolic OH excluding ortho intramolecular Hbond substituents is 1. The van der Waals surface area contributed by atoms with Crippen LogP contribution in [0, 0.1) is 11.6 Å². The maximum atomic E-state index is 13.2. The van der Waals surface area contributed by atoms with Crippen LogP contribution in [0.25, 0.3) is 0 Å². The van der Waals surface area contributed by atoms with E-state index in [9.17, 15) is 8.78 Å². The van der Waals surface area contributed by atoms with Crippen molar-refractivity contribution < 1.29 is 13.9 Å². The molecule has 0 saturated heterocycles. The molecular weight excluding hydrogens is 238 g/mol. The Morgan fingerprint density at radius 1 is 1.17 bits per heavy atom. The van der Waals surface area contributed by atoms with Gasteiger partial charge in [0.15, 0.2) is 11.6 Å². The first-order valence-corrected chi connectivity index (χ1v) is 5.48. The minimum absolute atomic E-state index is 0.0372. The molecule has 3 nitrogen and oxygen atoms in total. The summed E-state index contributed by atoms with van der Waals surface area (Å²) in [5.41, 5.74) is 1.00. The van der Waals surface area contributed by atoms with Gasteiger partial charge in [0, 0.05) is 12.6 Å². The molecule has 5 heteroatoms. The number of hydrogen-bond acceptors (Lipinski definition) is 3. The smallest absolute Gasteiger partial charge is 0.168 e. The second-order valence-corrected chi connectivity index (χ2v) is 3.83. The Morgan fingerprint density at radius 2 is 1.89 bits per heavy atom. The van der Waals surface area contributed by atoms with E-state index in [2.05, 4.69) is 10.3 Å². The van der Waals surface area contributed by atoms with Crippen LogP contribution in [0.4, 0.5) is 14.6 Å². The Morgan fingerprint density at radius 3 is 2.56 bits per heavy atom.